The minimum absolute atomic E-state index is 0.182. The van der Waals surface area contributed by atoms with Crippen molar-refractivity contribution in [2.75, 3.05) is 20.8 Å². The lowest BCUT2D eigenvalue weighted by Crippen LogP contribution is -2.24. The molecule has 1 aromatic heterocycles. The number of hydrazone groups is 1. The first kappa shape index (κ1) is 23.3. The highest BCUT2D eigenvalue weighted by molar-refractivity contribution is 9.10. The zero-order valence-electron chi connectivity index (χ0n) is 18.4. The number of aromatic nitrogens is 2. The van der Waals surface area contributed by atoms with E-state index in [0.29, 0.717) is 18.0 Å². The molecular formula is C23H25BrN4O4. The van der Waals surface area contributed by atoms with Crippen molar-refractivity contribution >= 4 is 28.1 Å². The van der Waals surface area contributed by atoms with Crippen molar-refractivity contribution in [3.05, 3.63) is 69.5 Å². The highest BCUT2D eigenvalue weighted by atomic mass is 79.9. The second-order valence-electron chi connectivity index (χ2n) is 6.95. The number of carbonyl (C=O) groups excluding carboxylic acids is 1. The van der Waals surface area contributed by atoms with Gasteiger partial charge in [-0.2, -0.15) is 10.2 Å². The van der Waals surface area contributed by atoms with Crippen LogP contribution in [0.25, 0.3) is 0 Å². The highest BCUT2D eigenvalue weighted by Gasteiger charge is 2.12. The van der Waals surface area contributed by atoms with E-state index in [-0.39, 0.29) is 12.5 Å². The number of amides is 1. The Hall–Kier alpha value is -3.33. The molecule has 9 heteroatoms. The molecule has 0 saturated carbocycles. The van der Waals surface area contributed by atoms with Gasteiger partial charge in [-0.1, -0.05) is 12.1 Å². The summed E-state index contributed by atoms with van der Waals surface area (Å²) in [6, 6.07) is 12.8. The van der Waals surface area contributed by atoms with Gasteiger partial charge in [-0.25, -0.2) is 5.43 Å². The topological polar surface area (TPSA) is 87.0 Å². The lowest BCUT2D eigenvalue weighted by atomic mass is 10.1. The van der Waals surface area contributed by atoms with Crippen LogP contribution in [-0.2, 0) is 11.3 Å². The first-order chi connectivity index (χ1) is 15.4. The van der Waals surface area contributed by atoms with Crippen LogP contribution in [0.1, 0.15) is 22.5 Å². The Kier molecular flexibility index (Phi) is 7.88. The smallest absolute Gasteiger partial charge is 0.277 e. The Labute approximate surface area is 195 Å². The van der Waals surface area contributed by atoms with Gasteiger partial charge in [0.05, 0.1) is 42.8 Å². The fraction of sp³-hybridized carbons (Fsp3) is 0.261. The Morgan fingerprint density at radius 2 is 1.84 bits per heavy atom. The van der Waals surface area contributed by atoms with Crippen molar-refractivity contribution in [2.24, 2.45) is 5.10 Å². The Morgan fingerprint density at radius 3 is 2.50 bits per heavy atom. The van der Waals surface area contributed by atoms with E-state index in [2.05, 4.69) is 31.6 Å². The Bertz CT molecular complexity index is 1130. The molecule has 0 atom stereocenters. The number of nitrogens with one attached hydrogen (secondary N) is 1. The lowest BCUT2D eigenvalue weighted by Gasteiger charge is -2.11. The molecule has 0 unspecified atom stereocenters. The average Bonchev–Trinajstić information content (AvgIpc) is 3.04. The van der Waals surface area contributed by atoms with Gasteiger partial charge in [-0.15, -0.1) is 0 Å². The second kappa shape index (κ2) is 10.8. The van der Waals surface area contributed by atoms with Crippen molar-refractivity contribution in [1.82, 2.24) is 15.2 Å². The fourth-order valence-corrected chi connectivity index (χ4v) is 3.37. The summed E-state index contributed by atoms with van der Waals surface area (Å²) >= 11 is 3.55. The maximum absolute atomic E-state index is 12.1. The summed E-state index contributed by atoms with van der Waals surface area (Å²) in [4.78, 5) is 12.1. The van der Waals surface area contributed by atoms with E-state index in [4.69, 9.17) is 14.2 Å². The molecule has 1 heterocycles. The van der Waals surface area contributed by atoms with Gasteiger partial charge >= 0.3 is 0 Å². The third kappa shape index (κ3) is 5.67. The van der Waals surface area contributed by atoms with Crippen molar-refractivity contribution in [3.63, 3.8) is 0 Å². The highest BCUT2D eigenvalue weighted by Crippen LogP contribution is 2.26. The number of nitrogens with zero attached hydrogens (tertiary/aromatic N) is 3. The number of ether oxygens (including phenoxy) is 3. The van der Waals surface area contributed by atoms with E-state index in [1.807, 2.05) is 42.8 Å². The van der Waals surface area contributed by atoms with Crippen molar-refractivity contribution in [3.8, 4) is 17.2 Å². The molecule has 0 aliphatic rings. The number of aryl methyl sites for hydroxylation is 1. The van der Waals surface area contributed by atoms with Gasteiger partial charge in [0.15, 0.2) is 18.1 Å². The summed E-state index contributed by atoms with van der Waals surface area (Å²) < 4.78 is 19.1. The van der Waals surface area contributed by atoms with E-state index < -0.39 is 0 Å². The number of hydrogen-bond donors (Lipinski definition) is 1. The SMILES string of the molecule is COc1ccc(/C=N/NC(=O)COc2ccccc2OC)cc1Cn1nc(C)c(Br)c1C. The molecule has 0 fully saturated rings. The molecule has 0 spiro atoms. The molecule has 1 amide bonds. The first-order valence-corrected chi connectivity index (χ1v) is 10.7. The van der Waals surface area contributed by atoms with E-state index in [0.717, 1.165) is 32.7 Å². The molecule has 0 saturated heterocycles. The van der Waals surface area contributed by atoms with Gasteiger partial charge in [-0.05, 0) is 65.7 Å². The third-order valence-corrected chi connectivity index (χ3v) is 5.90. The van der Waals surface area contributed by atoms with Crippen LogP contribution in [0.3, 0.4) is 0 Å². The number of carbonyl (C=O) groups is 1. The van der Waals surface area contributed by atoms with Crippen molar-refractivity contribution in [1.29, 1.82) is 0 Å². The lowest BCUT2D eigenvalue weighted by molar-refractivity contribution is -0.123. The zero-order valence-corrected chi connectivity index (χ0v) is 20.0. The van der Waals surface area contributed by atoms with Crippen LogP contribution in [0, 0.1) is 13.8 Å². The maximum atomic E-state index is 12.1. The summed E-state index contributed by atoms with van der Waals surface area (Å²) in [5.74, 6) is 1.42. The van der Waals surface area contributed by atoms with E-state index >= 15 is 0 Å². The Morgan fingerprint density at radius 1 is 1.12 bits per heavy atom. The van der Waals surface area contributed by atoms with Crippen LogP contribution in [0.4, 0.5) is 0 Å². The Balaban J connectivity index is 1.63. The molecule has 32 heavy (non-hydrogen) atoms. The summed E-state index contributed by atoms with van der Waals surface area (Å²) in [6.07, 6.45) is 1.57. The van der Waals surface area contributed by atoms with Gasteiger partial charge in [-0.3, -0.25) is 9.48 Å². The normalized spacial score (nSPS) is 10.9. The van der Waals surface area contributed by atoms with Crippen molar-refractivity contribution < 1.29 is 19.0 Å². The predicted octanol–water partition coefficient (Wildman–Crippen LogP) is 3.86. The number of halogens is 1. The molecule has 168 valence electrons. The summed E-state index contributed by atoms with van der Waals surface area (Å²) in [5, 5.41) is 8.58. The molecule has 8 nitrogen and oxygen atoms in total. The summed E-state index contributed by atoms with van der Waals surface area (Å²) in [7, 11) is 3.18. The van der Waals surface area contributed by atoms with Gasteiger partial charge < -0.3 is 14.2 Å². The first-order valence-electron chi connectivity index (χ1n) is 9.87. The number of hydrogen-bond acceptors (Lipinski definition) is 6. The molecule has 0 aliphatic carbocycles. The molecule has 0 radical (unpaired) electrons. The van der Waals surface area contributed by atoms with Crippen LogP contribution in [-0.4, -0.2) is 42.7 Å². The van der Waals surface area contributed by atoms with Crippen LogP contribution in [0.5, 0.6) is 17.2 Å². The van der Waals surface area contributed by atoms with Gasteiger partial charge in [0, 0.05) is 5.56 Å². The largest absolute Gasteiger partial charge is 0.496 e. The van der Waals surface area contributed by atoms with Crippen molar-refractivity contribution in [2.45, 2.75) is 20.4 Å². The van der Waals surface area contributed by atoms with E-state index in [1.54, 1.807) is 38.6 Å². The van der Waals surface area contributed by atoms with Gasteiger partial charge in [0.2, 0.25) is 0 Å². The van der Waals surface area contributed by atoms with Crippen LogP contribution in [0.2, 0.25) is 0 Å². The molecule has 0 aliphatic heterocycles. The third-order valence-electron chi connectivity index (χ3n) is 4.75. The number of benzene rings is 2. The van der Waals surface area contributed by atoms with Crippen LogP contribution in [0.15, 0.2) is 52.0 Å². The van der Waals surface area contributed by atoms with Gasteiger partial charge in [0.1, 0.15) is 5.75 Å². The molecule has 0 bridgehead atoms. The summed E-state index contributed by atoms with van der Waals surface area (Å²) in [6.45, 7) is 4.32. The number of rotatable bonds is 9. The minimum atomic E-state index is -0.381. The number of methoxy groups -OCH3 is 2. The molecule has 2 aromatic carbocycles. The minimum Gasteiger partial charge on any atom is -0.496 e. The van der Waals surface area contributed by atoms with Gasteiger partial charge in [0.25, 0.3) is 5.91 Å². The summed E-state index contributed by atoms with van der Waals surface area (Å²) in [5.41, 5.74) is 6.18. The van der Waals surface area contributed by atoms with E-state index in [9.17, 15) is 4.79 Å². The standard InChI is InChI=1S/C23H25BrN4O4/c1-15-23(24)16(2)28(27-15)13-18-11-17(9-10-19(18)30-3)12-25-26-22(29)14-32-21-8-6-5-7-20(21)31-4/h5-12H,13-14H2,1-4H3,(H,26,29)/b25-12+. The molecular weight excluding hydrogens is 476 g/mol. The average molecular weight is 501 g/mol. The zero-order chi connectivity index (χ0) is 23.1. The molecule has 3 rings (SSSR count). The monoisotopic (exact) mass is 500 g/mol. The quantitative estimate of drug-likeness (QED) is 0.356. The predicted molar refractivity (Wildman–Crippen MR) is 126 cm³/mol. The van der Waals surface area contributed by atoms with Crippen LogP contribution >= 0.6 is 15.9 Å². The molecule has 3 aromatic rings. The second-order valence-corrected chi connectivity index (χ2v) is 7.74. The fourth-order valence-electron chi connectivity index (χ4n) is 3.09. The van der Waals surface area contributed by atoms with Crippen LogP contribution < -0.4 is 19.6 Å². The maximum Gasteiger partial charge on any atom is 0.277 e. The molecule has 1 N–H and O–H groups in total. The number of para-hydroxylation sites is 2. The van der Waals surface area contributed by atoms with E-state index in [1.165, 1.54) is 0 Å².